The van der Waals surface area contributed by atoms with Crippen LogP contribution in [0.5, 0.6) is 0 Å². The van der Waals surface area contributed by atoms with Gasteiger partial charge in [0.15, 0.2) is 25.0 Å². The van der Waals surface area contributed by atoms with Crippen LogP contribution in [0.3, 0.4) is 0 Å². The van der Waals surface area contributed by atoms with E-state index < -0.39 is 69.2 Å². The molecule has 0 radical (unpaired) electrons. The fourth-order valence-electron chi connectivity index (χ4n) is 12.3. The molecule has 0 saturated carbocycles. The summed E-state index contributed by atoms with van der Waals surface area (Å²) >= 11 is 0. The van der Waals surface area contributed by atoms with E-state index in [1.165, 1.54) is 10.4 Å². The van der Waals surface area contributed by atoms with E-state index >= 15 is 0 Å². The normalized spacial score (nSPS) is 19.9. The molecule has 0 bridgehead atoms. The first kappa shape index (κ1) is 72.4. The van der Waals surface area contributed by atoms with Crippen molar-refractivity contribution in [1.82, 2.24) is 0 Å². The fraction of sp³-hybridized carbons (Fsp3) is 0.625. The van der Waals surface area contributed by atoms with Gasteiger partial charge in [0.1, 0.15) is 18.8 Å². The third kappa shape index (κ3) is 19.1. The maximum atomic E-state index is 13.7. The molecule has 1 aliphatic rings. The van der Waals surface area contributed by atoms with Gasteiger partial charge in [-0.15, -0.1) is 0 Å². The maximum Gasteiger partial charge on any atom is 0.311 e. The predicted octanol–water partition coefficient (Wildman–Crippen LogP) is 17.7. The molecule has 9 atom stereocenters. The molecule has 474 valence electrons. The predicted molar refractivity (Wildman–Crippen MR) is 365 cm³/mol. The molecule has 85 heavy (non-hydrogen) atoms. The van der Waals surface area contributed by atoms with Crippen molar-refractivity contribution in [2.24, 2.45) is 17.3 Å². The summed E-state index contributed by atoms with van der Waals surface area (Å²) < 4.78 is 58.9. The summed E-state index contributed by atoms with van der Waals surface area (Å²) in [4.78, 5) is 13.7. The number of ether oxygens (including phenoxy) is 4. The van der Waals surface area contributed by atoms with Gasteiger partial charge in [-0.25, -0.2) is 0 Å². The molecule has 1 fully saturated rings. The van der Waals surface area contributed by atoms with Crippen LogP contribution in [-0.4, -0.2) is 95.2 Å². The number of carbonyl (C=O) groups excluding carboxylic acids is 1. The summed E-state index contributed by atoms with van der Waals surface area (Å²) in [5.74, 6) is -0.522. The minimum atomic E-state index is -2.72. The van der Waals surface area contributed by atoms with E-state index in [0.29, 0.717) is 26.2 Å². The molecule has 0 amide bonds. The SMILES string of the molecule is C=C(C[C@H](O[Si](C)(C)C(C)(C)C)[C@@H](C)[C@@H](CCCCO[Si](c1ccccc1)(c1ccccc1)C(C)(C)C)O[Si](CC)(CC)CC)[C@@H](O[Si](CC)(CC)CC)[C@@H]1O[C@H](COC(=O)C(C)(C)C)[C@@H](OCc2ccccc2)[C@H](OCc2ccccc2)[C@H]1C. The highest BCUT2D eigenvalue weighted by molar-refractivity contribution is 6.99. The second kappa shape index (κ2) is 32.4. The smallest absolute Gasteiger partial charge is 0.311 e. The van der Waals surface area contributed by atoms with Crippen molar-refractivity contribution in [1.29, 1.82) is 0 Å². The highest BCUT2D eigenvalue weighted by Gasteiger charge is 2.53. The molecule has 13 heteroatoms. The number of benzene rings is 4. The molecule has 0 N–H and O–H groups in total. The molecule has 0 spiro atoms. The van der Waals surface area contributed by atoms with Gasteiger partial charge < -0.3 is 36.7 Å². The third-order valence-corrected chi connectivity index (χ3v) is 38.3. The Balaban J connectivity index is 1.60. The summed E-state index contributed by atoms with van der Waals surface area (Å²) in [6.07, 6.45) is 0.278. The summed E-state index contributed by atoms with van der Waals surface area (Å²) in [6, 6.07) is 48.5. The Hall–Kier alpha value is -3.32. The molecule has 4 aromatic carbocycles. The standard InChI is InChI=1S/C72H116O9Si4/c1-21-83(22-2,23-3)80-62(49-39-40-50-77-85(72(16,17)18,60-45-35-29-36-46-60)61-47-37-30-38-48-61)56(8)63(79-82(19,20)71(13,14)15)51-55(7)65(81-84(24-4,25-5)26-6)67-57(9)66(74-52-58-41-31-27-32-42-58)68(75-53-59-43-33-28-34-44-59)64(78-67)54-76-69(73)70(10,11)12/h27-38,41-48,56-57,62-68H,7,21-26,39-40,49-54H2,1-6,8-20H3/t56-,57+,62+,63-,64+,65+,66+,67+,68+/m0/s1. The Morgan fingerprint density at radius 1 is 0.588 bits per heavy atom. The molecule has 1 saturated heterocycles. The van der Waals surface area contributed by atoms with Crippen molar-refractivity contribution in [2.75, 3.05) is 13.2 Å². The summed E-state index contributed by atoms with van der Waals surface area (Å²) in [5, 5.41) is 2.44. The van der Waals surface area contributed by atoms with Crippen molar-refractivity contribution in [2.45, 2.75) is 259 Å². The van der Waals surface area contributed by atoms with E-state index in [0.717, 1.165) is 72.2 Å². The first-order valence-electron chi connectivity index (χ1n) is 32.7. The Bertz CT molecular complexity index is 2500. The molecular weight excluding hydrogens is 1120 g/mol. The quantitative estimate of drug-likeness (QED) is 0.0196. The van der Waals surface area contributed by atoms with Gasteiger partial charge in [-0.05, 0) is 133 Å². The van der Waals surface area contributed by atoms with Crippen LogP contribution in [0.15, 0.2) is 133 Å². The van der Waals surface area contributed by atoms with E-state index in [1.807, 2.05) is 57.2 Å². The number of rotatable bonds is 34. The number of hydrogen-bond acceptors (Lipinski definition) is 9. The van der Waals surface area contributed by atoms with Gasteiger partial charge in [0.25, 0.3) is 8.32 Å². The van der Waals surface area contributed by atoms with Crippen molar-refractivity contribution in [3.63, 3.8) is 0 Å². The van der Waals surface area contributed by atoms with E-state index in [-0.39, 0.29) is 46.7 Å². The largest absolute Gasteiger partial charge is 0.462 e. The minimum Gasteiger partial charge on any atom is -0.462 e. The third-order valence-electron chi connectivity index (χ3n) is 19.5. The van der Waals surface area contributed by atoms with Gasteiger partial charge in [0.2, 0.25) is 0 Å². The Kier molecular flexibility index (Phi) is 27.6. The molecule has 1 heterocycles. The van der Waals surface area contributed by atoms with Crippen molar-refractivity contribution >= 4 is 49.6 Å². The molecule has 1 aliphatic heterocycles. The monoisotopic (exact) mass is 1240 g/mol. The lowest BCUT2D eigenvalue weighted by atomic mass is 9.81. The summed E-state index contributed by atoms with van der Waals surface area (Å²) in [6.45, 7) is 49.5. The average Bonchev–Trinajstić information content (AvgIpc) is 2.05. The lowest BCUT2D eigenvalue weighted by Crippen LogP contribution is -2.66. The molecule has 0 aliphatic carbocycles. The Morgan fingerprint density at radius 3 is 1.47 bits per heavy atom. The summed E-state index contributed by atoms with van der Waals surface area (Å²) in [7, 11) is -9.67. The molecule has 5 rings (SSSR count). The van der Waals surface area contributed by atoms with Crippen molar-refractivity contribution < 1.29 is 41.4 Å². The first-order valence-corrected chi connectivity index (χ1v) is 42.6. The van der Waals surface area contributed by atoms with E-state index in [2.05, 4.69) is 195 Å². The van der Waals surface area contributed by atoms with Crippen LogP contribution in [0.4, 0.5) is 0 Å². The van der Waals surface area contributed by atoms with Crippen LogP contribution in [0.2, 0.25) is 59.4 Å². The van der Waals surface area contributed by atoms with Gasteiger partial charge in [-0.1, -0.05) is 225 Å². The second-order valence-corrected chi connectivity index (χ2v) is 46.7. The number of unbranched alkanes of at least 4 members (excludes halogenated alkanes) is 1. The van der Waals surface area contributed by atoms with Gasteiger partial charge in [-0.3, -0.25) is 4.79 Å². The highest BCUT2D eigenvalue weighted by Crippen LogP contribution is 2.44. The van der Waals surface area contributed by atoms with Crippen LogP contribution in [0, 0.1) is 17.3 Å². The minimum absolute atomic E-state index is 0.00487. The van der Waals surface area contributed by atoms with Crippen LogP contribution >= 0.6 is 0 Å². The van der Waals surface area contributed by atoms with Gasteiger partial charge in [0.05, 0.1) is 49.1 Å². The van der Waals surface area contributed by atoms with Gasteiger partial charge in [-0.2, -0.15) is 0 Å². The van der Waals surface area contributed by atoms with E-state index in [4.69, 9.17) is 43.2 Å². The average molecular weight is 1240 g/mol. The molecule has 0 unspecified atom stereocenters. The van der Waals surface area contributed by atoms with Crippen molar-refractivity contribution in [3.05, 3.63) is 145 Å². The summed E-state index contributed by atoms with van der Waals surface area (Å²) in [5.41, 5.74) is 2.33. The van der Waals surface area contributed by atoms with Crippen molar-refractivity contribution in [3.8, 4) is 0 Å². The lowest BCUT2D eigenvalue weighted by molar-refractivity contribution is -0.252. The number of esters is 1. The number of hydrogen-bond donors (Lipinski definition) is 0. The topological polar surface area (TPSA) is 90.9 Å². The maximum absolute atomic E-state index is 13.7. The molecular formula is C72H116O9Si4. The Labute approximate surface area is 522 Å². The zero-order valence-corrected chi connectivity index (χ0v) is 60.5. The zero-order valence-electron chi connectivity index (χ0n) is 56.5. The molecule has 0 aromatic heterocycles. The zero-order chi connectivity index (χ0) is 62.9. The molecule has 9 nitrogen and oxygen atoms in total. The van der Waals surface area contributed by atoms with E-state index in [1.54, 1.807) is 0 Å². The number of carbonyl (C=O) groups is 1. The van der Waals surface area contributed by atoms with Crippen LogP contribution < -0.4 is 10.4 Å². The second-order valence-electron chi connectivity index (χ2n) is 28.2. The first-order chi connectivity index (χ1) is 40.1. The van der Waals surface area contributed by atoms with Crippen LogP contribution in [0.25, 0.3) is 0 Å². The van der Waals surface area contributed by atoms with E-state index in [9.17, 15) is 4.79 Å². The molecule has 4 aromatic rings. The lowest BCUT2D eigenvalue weighted by Gasteiger charge is -2.50. The Morgan fingerprint density at radius 2 is 1.04 bits per heavy atom. The van der Waals surface area contributed by atoms with Gasteiger partial charge in [0, 0.05) is 18.4 Å². The highest BCUT2D eigenvalue weighted by atomic mass is 28.4. The van der Waals surface area contributed by atoms with Crippen LogP contribution in [0.1, 0.15) is 155 Å². The van der Waals surface area contributed by atoms with Gasteiger partial charge >= 0.3 is 5.97 Å². The van der Waals surface area contributed by atoms with Crippen LogP contribution in [-0.2, 0) is 54.7 Å². The fourth-order valence-corrected chi connectivity index (χ4v) is 24.1.